The molecule has 1 nitrogen and oxygen atoms in total. The first-order valence-corrected chi connectivity index (χ1v) is 6.69. The molecule has 0 heterocycles. The molecule has 1 atom stereocenters. The average Bonchev–Trinajstić information content (AvgIpc) is 2.33. The minimum absolute atomic E-state index is 0.0113. The molecule has 1 aromatic carbocycles. The van der Waals surface area contributed by atoms with Gasteiger partial charge in [-0.15, -0.1) is 0 Å². The zero-order valence-corrected chi connectivity index (χ0v) is 12.5. The van der Waals surface area contributed by atoms with Crippen LogP contribution in [0.15, 0.2) is 24.3 Å². The van der Waals surface area contributed by atoms with Crippen molar-refractivity contribution < 1.29 is 22.0 Å². The summed E-state index contributed by atoms with van der Waals surface area (Å²) in [5.41, 5.74) is 0.600. The van der Waals surface area contributed by atoms with Crippen molar-refractivity contribution in [2.45, 2.75) is 51.3 Å². The highest BCUT2D eigenvalue weighted by Crippen LogP contribution is 2.44. The van der Waals surface area contributed by atoms with Gasteiger partial charge in [0.15, 0.2) is 0 Å². The predicted molar refractivity (Wildman–Crippen MR) is 72.6 cm³/mol. The van der Waals surface area contributed by atoms with Gasteiger partial charge in [0.25, 0.3) is 0 Å². The highest BCUT2D eigenvalue weighted by atomic mass is 19.4. The number of hydrogen-bond donors (Lipinski definition) is 1. The standard InChI is InChI=1S/C15H20F5N/c1-5-21-12(14(16,17)15(18,19)20)10-6-8-11(9-7-10)13(2,3)4/h6-9,12,21H,5H2,1-4H3. The van der Waals surface area contributed by atoms with Gasteiger partial charge < -0.3 is 5.32 Å². The first kappa shape index (κ1) is 17.9. The SMILES string of the molecule is CCNC(c1ccc(C(C)(C)C)cc1)C(F)(F)C(F)(F)F. The highest BCUT2D eigenvalue weighted by molar-refractivity contribution is 5.30. The Balaban J connectivity index is 3.18. The summed E-state index contributed by atoms with van der Waals surface area (Å²) in [5.74, 6) is -4.83. The molecular weight excluding hydrogens is 289 g/mol. The van der Waals surface area contributed by atoms with Crippen LogP contribution in [0.3, 0.4) is 0 Å². The summed E-state index contributed by atoms with van der Waals surface area (Å²) in [6.45, 7) is 7.32. The summed E-state index contributed by atoms with van der Waals surface area (Å²) >= 11 is 0. The maximum Gasteiger partial charge on any atom is 0.455 e. The first-order valence-electron chi connectivity index (χ1n) is 6.69. The predicted octanol–water partition coefficient (Wildman–Crippen LogP) is 4.83. The van der Waals surface area contributed by atoms with Crippen LogP contribution >= 0.6 is 0 Å². The molecule has 0 saturated heterocycles. The maximum absolute atomic E-state index is 13.6. The Bertz CT molecular complexity index is 456. The molecule has 0 saturated carbocycles. The number of rotatable bonds is 4. The molecule has 0 fully saturated rings. The van der Waals surface area contributed by atoms with Gasteiger partial charge in [-0.1, -0.05) is 52.0 Å². The molecule has 0 aliphatic heterocycles. The highest BCUT2D eigenvalue weighted by Gasteiger charge is 2.62. The van der Waals surface area contributed by atoms with Crippen LogP contribution in [0.4, 0.5) is 22.0 Å². The van der Waals surface area contributed by atoms with Crippen molar-refractivity contribution in [1.29, 1.82) is 0 Å². The molecule has 1 unspecified atom stereocenters. The number of benzene rings is 1. The minimum atomic E-state index is -5.59. The fourth-order valence-corrected chi connectivity index (χ4v) is 2.00. The van der Waals surface area contributed by atoms with Gasteiger partial charge in [-0.2, -0.15) is 22.0 Å². The molecule has 0 aliphatic carbocycles. The maximum atomic E-state index is 13.6. The van der Waals surface area contributed by atoms with Crippen LogP contribution in [0.25, 0.3) is 0 Å². The molecule has 0 amide bonds. The molecule has 0 aromatic heterocycles. The van der Waals surface area contributed by atoms with Gasteiger partial charge in [0.2, 0.25) is 0 Å². The normalized spacial score (nSPS) is 15.1. The fourth-order valence-electron chi connectivity index (χ4n) is 2.00. The van der Waals surface area contributed by atoms with Gasteiger partial charge in [-0.05, 0) is 23.1 Å². The third-order valence-electron chi connectivity index (χ3n) is 3.26. The Labute approximate surface area is 121 Å². The van der Waals surface area contributed by atoms with Crippen LogP contribution in [0.1, 0.15) is 44.9 Å². The summed E-state index contributed by atoms with van der Waals surface area (Å²) in [7, 11) is 0. The molecule has 0 radical (unpaired) electrons. The third kappa shape index (κ3) is 3.93. The lowest BCUT2D eigenvalue weighted by Gasteiger charge is -2.30. The Hall–Kier alpha value is -1.17. The number of nitrogens with one attached hydrogen (secondary N) is 1. The number of alkyl halides is 5. The van der Waals surface area contributed by atoms with E-state index < -0.39 is 18.1 Å². The second kappa shape index (κ2) is 5.91. The van der Waals surface area contributed by atoms with E-state index >= 15 is 0 Å². The quantitative estimate of drug-likeness (QED) is 0.785. The minimum Gasteiger partial charge on any atom is -0.305 e. The van der Waals surface area contributed by atoms with Crippen molar-refractivity contribution in [3.63, 3.8) is 0 Å². The van der Waals surface area contributed by atoms with E-state index in [9.17, 15) is 22.0 Å². The average molecular weight is 309 g/mol. The van der Waals surface area contributed by atoms with Crippen molar-refractivity contribution >= 4 is 0 Å². The summed E-state index contributed by atoms with van der Waals surface area (Å²) in [4.78, 5) is 0. The van der Waals surface area contributed by atoms with Gasteiger partial charge in [0, 0.05) is 0 Å². The van der Waals surface area contributed by atoms with E-state index in [4.69, 9.17) is 0 Å². The summed E-state index contributed by atoms with van der Waals surface area (Å²) in [6, 6.07) is 3.75. The van der Waals surface area contributed by atoms with E-state index in [2.05, 4.69) is 5.32 Å². The largest absolute Gasteiger partial charge is 0.455 e. The molecule has 120 valence electrons. The van der Waals surface area contributed by atoms with Gasteiger partial charge >= 0.3 is 12.1 Å². The van der Waals surface area contributed by atoms with Crippen LogP contribution in [0.2, 0.25) is 0 Å². The second-order valence-electron chi connectivity index (χ2n) is 5.98. The summed E-state index contributed by atoms with van der Waals surface area (Å²) in [5, 5.41) is 2.23. The lowest BCUT2D eigenvalue weighted by Crippen LogP contribution is -2.48. The van der Waals surface area contributed by atoms with E-state index in [-0.39, 0.29) is 17.5 Å². The van der Waals surface area contributed by atoms with E-state index in [0.717, 1.165) is 5.56 Å². The molecule has 0 aliphatic rings. The summed E-state index contributed by atoms with van der Waals surface area (Å²) in [6.07, 6.45) is -5.59. The molecule has 6 heteroatoms. The number of hydrogen-bond acceptors (Lipinski definition) is 1. The van der Waals surface area contributed by atoms with Gasteiger partial charge in [0.1, 0.15) is 6.04 Å². The lowest BCUT2D eigenvalue weighted by atomic mass is 9.86. The summed E-state index contributed by atoms with van der Waals surface area (Å²) < 4.78 is 64.9. The topological polar surface area (TPSA) is 12.0 Å². The zero-order valence-electron chi connectivity index (χ0n) is 12.5. The lowest BCUT2D eigenvalue weighted by molar-refractivity contribution is -0.294. The molecule has 1 N–H and O–H groups in total. The molecular formula is C15H20F5N. The van der Waals surface area contributed by atoms with Gasteiger partial charge in [-0.3, -0.25) is 0 Å². The molecule has 1 aromatic rings. The Morgan fingerprint density at radius 2 is 1.43 bits per heavy atom. The zero-order chi connectivity index (χ0) is 16.5. The third-order valence-corrected chi connectivity index (χ3v) is 3.26. The van der Waals surface area contributed by atoms with E-state index in [0.29, 0.717) is 0 Å². The van der Waals surface area contributed by atoms with E-state index in [1.54, 1.807) is 12.1 Å². The van der Waals surface area contributed by atoms with Crippen LogP contribution in [0, 0.1) is 0 Å². The van der Waals surface area contributed by atoms with Crippen LogP contribution in [-0.2, 0) is 5.41 Å². The number of halogens is 5. The monoisotopic (exact) mass is 309 g/mol. The Kier molecular flexibility index (Phi) is 5.03. The van der Waals surface area contributed by atoms with E-state index in [1.165, 1.54) is 19.1 Å². The second-order valence-corrected chi connectivity index (χ2v) is 5.98. The first-order chi connectivity index (χ1) is 9.41. The Morgan fingerprint density at radius 3 is 1.76 bits per heavy atom. The van der Waals surface area contributed by atoms with Crippen molar-refractivity contribution in [3.05, 3.63) is 35.4 Å². The van der Waals surface area contributed by atoms with Crippen molar-refractivity contribution in [3.8, 4) is 0 Å². The van der Waals surface area contributed by atoms with Gasteiger partial charge in [0.05, 0.1) is 0 Å². The van der Waals surface area contributed by atoms with Gasteiger partial charge in [-0.25, -0.2) is 0 Å². The smallest absolute Gasteiger partial charge is 0.305 e. The van der Waals surface area contributed by atoms with Crippen molar-refractivity contribution in [2.24, 2.45) is 0 Å². The molecule has 1 rings (SSSR count). The van der Waals surface area contributed by atoms with Crippen LogP contribution < -0.4 is 5.32 Å². The van der Waals surface area contributed by atoms with Crippen LogP contribution in [-0.4, -0.2) is 18.6 Å². The Morgan fingerprint density at radius 1 is 0.952 bits per heavy atom. The molecule has 0 bridgehead atoms. The van der Waals surface area contributed by atoms with Crippen molar-refractivity contribution in [1.82, 2.24) is 5.32 Å². The van der Waals surface area contributed by atoms with Crippen LogP contribution in [0.5, 0.6) is 0 Å². The van der Waals surface area contributed by atoms with Crippen molar-refractivity contribution in [2.75, 3.05) is 6.54 Å². The fraction of sp³-hybridized carbons (Fsp3) is 0.600. The van der Waals surface area contributed by atoms with E-state index in [1.807, 2.05) is 20.8 Å². The molecule has 0 spiro atoms. The molecule has 21 heavy (non-hydrogen) atoms.